The molecule has 2 atom stereocenters. The molecule has 2 unspecified atom stereocenters. The number of likely N-dealkylation sites (tertiary alicyclic amines) is 1. The molecule has 2 aliphatic heterocycles. The van der Waals surface area contributed by atoms with Crippen molar-refractivity contribution in [1.82, 2.24) is 10.2 Å². The standard InChI is InChI=1S/C23H29NO2S.C16H23NO2S/c25-27(26,17-20-8-4-9-20)18-21-10-5-11-22(14-21)23-12-13-24(16-23)15-19-6-2-1-3-7-19;18-20(19,11-13-3-1-4-13)12-14-5-2-6-15(9-14)16-7-8-17-10-16/h1-3,5-7,10-11,14,20,23H,4,8-9,12-13,15-18H2;2,5-6,9,13,16-17H,1,3-4,7-8,10-12H2. The second-order valence-electron chi connectivity index (χ2n) is 14.6. The molecule has 1 N–H and O–H groups in total. The fraction of sp³-hybridized carbons (Fsp3) is 0.538. The van der Waals surface area contributed by atoms with Crippen LogP contribution in [0.5, 0.6) is 0 Å². The number of rotatable bonds is 12. The Morgan fingerprint density at radius 1 is 0.617 bits per heavy atom. The molecule has 3 aromatic rings. The lowest BCUT2D eigenvalue weighted by Gasteiger charge is -2.24. The van der Waals surface area contributed by atoms with Crippen LogP contribution in [-0.2, 0) is 37.7 Å². The average Bonchev–Trinajstić information content (AvgIpc) is 3.71. The van der Waals surface area contributed by atoms with E-state index in [1.165, 1.54) is 29.5 Å². The molecule has 4 fully saturated rings. The van der Waals surface area contributed by atoms with Gasteiger partial charge >= 0.3 is 0 Å². The van der Waals surface area contributed by atoms with Crippen LogP contribution in [0.25, 0.3) is 0 Å². The zero-order chi connectivity index (χ0) is 32.7. The van der Waals surface area contributed by atoms with Crippen molar-refractivity contribution >= 4 is 19.7 Å². The monoisotopic (exact) mass is 676 g/mol. The van der Waals surface area contributed by atoms with Crippen LogP contribution in [-0.4, -0.2) is 59.4 Å². The van der Waals surface area contributed by atoms with Gasteiger partial charge in [0.2, 0.25) is 0 Å². The average molecular weight is 677 g/mol. The maximum atomic E-state index is 12.5. The van der Waals surface area contributed by atoms with Crippen LogP contribution in [0.4, 0.5) is 0 Å². The first-order chi connectivity index (χ1) is 22.7. The fourth-order valence-corrected chi connectivity index (χ4v) is 11.3. The van der Waals surface area contributed by atoms with E-state index in [9.17, 15) is 16.8 Å². The van der Waals surface area contributed by atoms with Gasteiger partial charge in [0.1, 0.15) is 0 Å². The fourth-order valence-electron chi connectivity index (χ4n) is 7.57. The molecule has 3 aromatic carbocycles. The topological polar surface area (TPSA) is 83.6 Å². The highest BCUT2D eigenvalue weighted by Crippen LogP contribution is 2.32. The van der Waals surface area contributed by atoms with Gasteiger partial charge in [0.05, 0.1) is 23.0 Å². The molecule has 7 rings (SSSR count). The van der Waals surface area contributed by atoms with Crippen molar-refractivity contribution in [1.29, 1.82) is 0 Å². The molecule has 254 valence electrons. The molecule has 0 spiro atoms. The third-order valence-electron chi connectivity index (χ3n) is 10.6. The predicted octanol–water partition coefficient (Wildman–Crippen LogP) is 6.87. The van der Waals surface area contributed by atoms with E-state index in [0.29, 0.717) is 35.2 Å². The number of nitrogens with zero attached hydrogens (tertiary/aromatic N) is 1. The molecule has 8 heteroatoms. The molecular weight excluding hydrogens is 625 g/mol. The first-order valence-electron chi connectivity index (χ1n) is 17.8. The third kappa shape index (κ3) is 10.2. The minimum absolute atomic E-state index is 0.192. The van der Waals surface area contributed by atoms with Crippen LogP contribution in [0.2, 0.25) is 0 Å². The maximum absolute atomic E-state index is 12.5. The first kappa shape index (κ1) is 34.3. The van der Waals surface area contributed by atoms with E-state index in [-0.39, 0.29) is 11.5 Å². The van der Waals surface area contributed by atoms with Gasteiger partial charge in [0.25, 0.3) is 0 Å². The summed E-state index contributed by atoms with van der Waals surface area (Å²) in [7, 11) is -5.95. The summed E-state index contributed by atoms with van der Waals surface area (Å²) in [6.45, 7) is 5.22. The molecule has 0 bridgehead atoms. The highest BCUT2D eigenvalue weighted by molar-refractivity contribution is 7.90. The Balaban J connectivity index is 0.000000172. The number of nitrogens with one attached hydrogen (secondary N) is 1. The molecule has 6 nitrogen and oxygen atoms in total. The highest BCUT2D eigenvalue weighted by Gasteiger charge is 2.27. The number of sulfone groups is 2. The number of hydrogen-bond acceptors (Lipinski definition) is 6. The summed E-state index contributed by atoms with van der Waals surface area (Å²) >= 11 is 0. The van der Waals surface area contributed by atoms with Gasteiger partial charge in [-0.1, -0.05) is 91.7 Å². The Hall–Kier alpha value is -2.52. The molecule has 47 heavy (non-hydrogen) atoms. The lowest BCUT2D eigenvalue weighted by atomic mass is 9.87. The number of benzene rings is 3. The Morgan fingerprint density at radius 2 is 1.17 bits per heavy atom. The Bertz CT molecular complexity index is 1660. The Labute approximate surface area is 283 Å². The Kier molecular flexibility index (Phi) is 11.5. The molecule has 0 radical (unpaired) electrons. The zero-order valence-electron chi connectivity index (χ0n) is 27.7. The van der Waals surface area contributed by atoms with Crippen LogP contribution >= 0.6 is 0 Å². The SMILES string of the molecule is O=S(=O)(Cc1cccc(C2CCN(Cc3ccccc3)C2)c1)CC1CCC1.O=S(=O)(Cc1cccc(C2CCNC2)c1)CC1CCC1. The van der Waals surface area contributed by atoms with Gasteiger partial charge in [-0.05, 0) is 103 Å². The van der Waals surface area contributed by atoms with Crippen LogP contribution in [0.1, 0.15) is 91.0 Å². The van der Waals surface area contributed by atoms with Gasteiger partial charge in [-0.25, -0.2) is 16.8 Å². The van der Waals surface area contributed by atoms with E-state index in [2.05, 4.69) is 64.8 Å². The van der Waals surface area contributed by atoms with Crippen molar-refractivity contribution < 1.29 is 16.8 Å². The summed E-state index contributed by atoms with van der Waals surface area (Å²) in [6, 6.07) is 27.1. The molecule has 2 heterocycles. The summed E-state index contributed by atoms with van der Waals surface area (Å²) in [5.74, 6) is 3.01. The van der Waals surface area contributed by atoms with Crippen molar-refractivity contribution in [2.24, 2.45) is 11.8 Å². The molecule has 2 saturated carbocycles. The van der Waals surface area contributed by atoms with Crippen molar-refractivity contribution in [3.8, 4) is 0 Å². The minimum atomic E-state index is -3.00. The van der Waals surface area contributed by atoms with E-state index >= 15 is 0 Å². The van der Waals surface area contributed by atoms with Gasteiger partial charge in [-0.3, -0.25) is 4.90 Å². The van der Waals surface area contributed by atoms with Gasteiger partial charge in [-0.2, -0.15) is 0 Å². The second kappa shape index (κ2) is 15.8. The summed E-state index contributed by atoms with van der Waals surface area (Å²) in [6.07, 6.45) is 9.03. The third-order valence-corrected chi connectivity index (χ3v) is 14.1. The van der Waals surface area contributed by atoms with Gasteiger partial charge in [0.15, 0.2) is 19.7 Å². The molecule has 4 aliphatic rings. The normalized spacial score (nSPS) is 22.3. The van der Waals surface area contributed by atoms with Crippen molar-refractivity contribution in [2.45, 2.75) is 81.3 Å². The van der Waals surface area contributed by atoms with Gasteiger partial charge in [-0.15, -0.1) is 0 Å². The molecular formula is C39H52N2O4S2. The molecule has 0 aromatic heterocycles. The molecule has 2 aliphatic carbocycles. The lowest BCUT2D eigenvalue weighted by Crippen LogP contribution is -2.23. The van der Waals surface area contributed by atoms with Crippen molar-refractivity contribution in [2.75, 3.05) is 37.7 Å². The quantitative estimate of drug-likeness (QED) is 0.226. The van der Waals surface area contributed by atoms with Crippen molar-refractivity contribution in [3.05, 3.63) is 107 Å². The van der Waals surface area contributed by atoms with Crippen LogP contribution in [0.15, 0.2) is 78.9 Å². The van der Waals surface area contributed by atoms with Gasteiger partial charge in [0, 0.05) is 19.6 Å². The van der Waals surface area contributed by atoms with Crippen molar-refractivity contribution in [3.63, 3.8) is 0 Å². The predicted molar refractivity (Wildman–Crippen MR) is 192 cm³/mol. The Morgan fingerprint density at radius 3 is 1.68 bits per heavy atom. The highest BCUT2D eigenvalue weighted by atomic mass is 32.2. The molecule has 2 saturated heterocycles. The van der Waals surface area contributed by atoms with E-state index in [1.54, 1.807) is 0 Å². The summed E-state index contributed by atoms with van der Waals surface area (Å²) in [5, 5.41) is 3.36. The second-order valence-corrected chi connectivity index (χ2v) is 18.8. The van der Waals surface area contributed by atoms with Crippen LogP contribution in [0, 0.1) is 11.8 Å². The zero-order valence-corrected chi connectivity index (χ0v) is 29.4. The number of hydrogen-bond donors (Lipinski definition) is 1. The summed E-state index contributed by atoms with van der Waals surface area (Å²) in [4.78, 5) is 2.50. The van der Waals surface area contributed by atoms with E-state index in [0.717, 1.165) is 82.4 Å². The van der Waals surface area contributed by atoms with E-state index in [4.69, 9.17) is 0 Å². The maximum Gasteiger partial charge on any atom is 0.154 e. The van der Waals surface area contributed by atoms with Crippen LogP contribution < -0.4 is 5.32 Å². The van der Waals surface area contributed by atoms with Gasteiger partial charge < -0.3 is 5.32 Å². The van der Waals surface area contributed by atoms with E-state index in [1.807, 2.05) is 24.3 Å². The summed E-state index contributed by atoms with van der Waals surface area (Å²) in [5.41, 5.74) is 5.84. The van der Waals surface area contributed by atoms with Crippen LogP contribution in [0.3, 0.4) is 0 Å². The lowest BCUT2D eigenvalue weighted by molar-refractivity contribution is 0.327. The minimum Gasteiger partial charge on any atom is -0.316 e. The summed E-state index contributed by atoms with van der Waals surface area (Å²) < 4.78 is 49.4. The van der Waals surface area contributed by atoms with E-state index < -0.39 is 19.7 Å². The molecule has 0 amide bonds. The smallest absolute Gasteiger partial charge is 0.154 e. The largest absolute Gasteiger partial charge is 0.316 e. The first-order valence-corrected chi connectivity index (χ1v) is 21.4.